The fourth-order valence-electron chi connectivity index (χ4n) is 2.34. The average molecular weight is 339 g/mol. The van der Waals surface area contributed by atoms with Crippen LogP contribution in [0.4, 0.5) is 18.0 Å². The van der Waals surface area contributed by atoms with Crippen LogP contribution < -0.4 is 5.32 Å². The van der Waals surface area contributed by atoms with Crippen LogP contribution in [-0.4, -0.2) is 35.5 Å². The van der Waals surface area contributed by atoms with Gasteiger partial charge in [0.2, 0.25) is 0 Å². The molecule has 1 aliphatic rings. The van der Waals surface area contributed by atoms with Gasteiger partial charge >= 0.3 is 18.2 Å². The normalized spacial score (nSPS) is 18.2. The van der Waals surface area contributed by atoms with E-state index in [9.17, 15) is 27.9 Å². The molecule has 1 rings (SSSR count). The van der Waals surface area contributed by atoms with E-state index in [1.807, 2.05) is 0 Å². The van der Waals surface area contributed by atoms with Crippen molar-refractivity contribution in [3.8, 4) is 0 Å². The third-order valence-electron chi connectivity index (χ3n) is 3.69. The monoisotopic (exact) mass is 339 g/mol. The summed E-state index contributed by atoms with van der Waals surface area (Å²) in [6.45, 7) is 4.56. The number of carboxylic acid groups (broad SMARTS) is 1. The standard InChI is InChI=1S/C15H24F3NO4/c1-13(2,3)23-12(22)19-9-14(11(20)21,8-10-4-5-10)6-7-15(16,17)18/h10H,4-9H2,1-3H3,(H,19,22)(H,20,21). The molecular weight excluding hydrogens is 315 g/mol. The minimum absolute atomic E-state index is 0.111. The first-order valence-corrected chi connectivity index (χ1v) is 7.60. The molecule has 0 aromatic heterocycles. The van der Waals surface area contributed by atoms with Gasteiger partial charge in [0.25, 0.3) is 0 Å². The van der Waals surface area contributed by atoms with E-state index >= 15 is 0 Å². The quantitative estimate of drug-likeness (QED) is 0.741. The van der Waals surface area contributed by atoms with Crippen molar-refractivity contribution in [3.63, 3.8) is 0 Å². The third kappa shape index (κ3) is 7.56. The molecule has 1 aliphatic carbocycles. The van der Waals surface area contributed by atoms with Crippen LogP contribution in [-0.2, 0) is 9.53 Å². The van der Waals surface area contributed by atoms with Gasteiger partial charge in [0, 0.05) is 13.0 Å². The molecule has 1 unspecified atom stereocenters. The maximum Gasteiger partial charge on any atom is 0.407 e. The summed E-state index contributed by atoms with van der Waals surface area (Å²) in [6, 6.07) is 0. The lowest BCUT2D eigenvalue weighted by atomic mass is 9.78. The van der Waals surface area contributed by atoms with Crippen LogP contribution in [0.25, 0.3) is 0 Å². The number of carbonyl (C=O) groups is 2. The lowest BCUT2D eigenvalue weighted by molar-refractivity contribution is -0.158. The summed E-state index contributed by atoms with van der Waals surface area (Å²) in [5.41, 5.74) is -2.38. The van der Waals surface area contributed by atoms with Crippen LogP contribution in [0, 0.1) is 11.3 Å². The molecule has 2 N–H and O–H groups in total. The van der Waals surface area contributed by atoms with Crippen molar-refractivity contribution in [1.29, 1.82) is 0 Å². The number of carbonyl (C=O) groups excluding carboxylic acids is 1. The number of nitrogens with one attached hydrogen (secondary N) is 1. The maximum absolute atomic E-state index is 12.5. The largest absolute Gasteiger partial charge is 0.481 e. The van der Waals surface area contributed by atoms with Gasteiger partial charge in [-0.2, -0.15) is 13.2 Å². The molecule has 1 atom stereocenters. The van der Waals surface area contributed by atoms with E-state index in [1.54, 1.807) is 20.8 Å². The Labute approximate surface area is 133 Å². The van der Waals surface area contributed by atoms with Crippen LogP contribution in [0.3, 0.4) is 0 Å². The van der Waals surface area contributed by atoms with Crippen LogP contribution in [0.2, 0.25) is 0 Å². The molecule has 1 fully saturated rings. The Bertz CT molecular complexity index is 441. The molecule has 0 radical (unpaired) electrons. The minimum Gasteiger partial charge on any atom is -0.481 e. The number of alkyl carbamates (subject to hydrolysis) is 1. The predicted octanol–water partition coefficient (Wildman–Crippen LogP) is 3.72. The highest BCUT2D eigenvalue weighted by Crippen LogP contribution is 2.44. The molecule has 8 heteroatoms. The molecule has 0 spiro atoms. The first-order valence-electron chi connectivity index (χ1n) is 7.60. The molecular formula is C15H24F3NO4. The van der Waals surface area contributed by atoms with Gasteiger partial charge in [0.15, 0.2) is 0 Å². The SMILES string of the molecule is CC(C)(C)OC(=O)NCC(CCC(F)(F)F)(CC1CC1)C(=O)O. The summed E-state index contributed by atoms with van der Waals surface area (Å²) >= 11 is 0. The lowest BCUT2D eigenvalue weighted by Crippen LogP contribution is -2.45. The number of aliphatic carboxylic acids is 1. The summed E-state index contributed by atoms with van der Waals surface area (Å²) in [5.74, 6) is -1.20. The molecule has 0 saturated heterocycles. The maximum atomic E-state index is 12.5. The number of carboxylic acids is 1. The van der Waals surface area contributed by atoms with Gasteiger partial charge in [-0.25, -0.2) is 4.79 Å². The Kier molecular flexibility index (Phi) is 5.93. The second-order valence-electron chi connectivity index (χ2n) is 7.20. The van der Waals surface area contributed by atoms with Gasteiger partial charge in [0.05, 0.1) is 5.41 Å². The summed E-state index contributed by atoms with van der Waals surface area (Å²) in [6.07, 6.45) is -5.25. The van der Waals surface area contributed by atoms with Crippen LogP contribution in [0.5, 0.6) is 0 Å². The minimum atomic E-state index is -4.43. The van der Waals surface area contributed by atoms with Crippen molar-refractivity contribution in [3.05, 3.63) is 0 Å². The van der Waals surface area contributed by atoms with Gasteiger partial charge in [-0.05, 0) is 39.5 Å². The van der Waals surface area contributed by atoms with Gasteiger partial charge in [-0.3, -0.25) is 4.79 Å². The number of hydrogen-bond donors (Lipinski definition) is 2. The Morgan fingerprint density at radius 1 is 1.17 bits per heavy atom. The molecule has 134 valence electrons. The molecule has 1 amide bonds. The molecule has 0 aliphatic heterocycles. The first-order chi connectivity index (χ1) is 10.3. The number of ether oxygens (including phenoxy) is 1. The summed E-state index contributed by atoms with van der Waals surface area (Å²) < 4.78 is 42.6. The lowest BCUT2D eigenvalue weighted by Gasteiger charge is -2.31. The van der Waals surface area contributed by atoms with Crippen molar-refractivity contribution in [2.24, 2.45) is 11.3 Å². The van der Waals surface area contributed by atoms with Gasteiger partial charge in [-0.1, -0.05) is 12.8 Å². The van der Waals surface area contributed by atoms with E-state index < -0.39 is 42.1 Å². The number of amides is 1. The first kappa shape index (κ1) is 19.6. The summed E-state index contributed by atoms with van der Waals surface area (Å²) in [4.78, 5) is 23.3. The molecule has 0 bridgehead atoms. The topological polar surface area (TPSA) is 75.6 Å². The zero-order valence-corrected chi connectivity index (χ0v) is 13.6. The van der Waals surface area contributed by atoms with E-state index in [0.29, 0.717) is 0 Å². The van der Waals surface area contributed by atoms with Crippen LogP contribution in [0.15, 0.2) is 0 Å². The van der Waals surface area contributed by atoms with Gasteiger partial charge in [0.1, 0.15) is 5.60 Å². The van der Waals surface area contributed by atoms with Crippen LogP contribution in [0.1, 0.15) is 52.9 Å². The van der Waals surface area contributed by atoms with E-state index in [-0.39, 0.29) is 18.9 Å². The Morgan fingerprint density at radius 3 is 2.13 bits per heavy atom. The Balaban J connectivity index is 2.76. The number of rotatable bonds is 7. The second-order valence-corrected chi connectivity index (χ2v) is 7.20. The summed E-state index contributed by atoms with van der Waals surface area (Å²) in [7, 11) is 0. The number of alkyl halides is 3. The highest BCUT2D eigenvalue weighted by atomic mass is 19.4. The zero-order valence-electron chi connectivity index (χ0n) is 13.6. The van der Waals surface area contributed by atoms with E-state index in [1.165, 1.54) is 0 Å². The van der Waals surface area contributed by atoms with Crippen molar-refractivity contribution in [2.45, 2.75) is 64.7 Å². The number of halogens is 3. The van der Waals surface area contributed by atoms with E-state index in [0.717, 1.165) is 12.8 Å². The van der Waals surface area contributed by atoms with E-state index in [4.69, 9.17) is 4.74 Å². The molecule has 0 heterocycles. The third-order valence-corrected chi connectivity index (χ3v) is 3.69. The second kappa shape index (κ2) is 6.97. The fraction of sp³-hybridized carbons (Fsp3) is 0.867. The van der Waals surface area contributed by atoms with Gasteiger partial charge in [-0.15, -0.1) is 0 Å². The Morgan fingerprint density at radius 2 is 1.74 bits per heavy atom. The zero-order chi connectivity index (χ0) is 17.9. The van der Waals surface area contributed by atoms with Crippen molar-refractivity contribution < 1.29 is 32.6 Å². The molecule has 0 aromatic carbocycles. The van der Waals surface area contributed by atoms with Gasteiger partial charge < -0.3 is 15.2 Å². The highest BCUT2D eigenvalue weighted by molar-refractivity contribution is 5.76. The Hall–Kier alpha value is -1.47. The molecule has 5 nitrogen and oxygen atoms in total. The van der Waals surface area contributed by atoms with Crippen LogP contribution >= 0.6 is 0 Å². The fourth-order valence-corrected chi connectivity index (χ4v) is 2.34. The van der Waals surface area contributed by atoms with Crippen molar-refractivity contribution >= 4 is 12.1 Å². The van der Waals surface area contributed by atoms with Crippen molar-refractivity contribution in [1.82, 2.24) is 5.32 Å². The predicted molar refractivity (Wildman–Crippen MR) is 76.9 cm³/mol. The highest BCUT2D eigenvalue weighted by Gasteiger charge is 2.45. The summed E-state index contributed by atoms with van der Waals surface area (Å²) in [5, 5.41) is 11.8. The molecule has 0 aromatic rings. The number of hydrogen-bond acceptors (Lipinski definition) is 3. The molecule has 1 saturated carbocycles. The molecule has 23 heavy (non-hydrogen) atoms. The average Bonchev–Trinajstić information content (AvgIpc) is 3.13. The van der Waals surface area contributed by atoms with E-state index in [2.05, 4.69) is 5.32 Å². The smallest absolute Gasteiger partial charge is 0.407 e. The van der Waals surface area contributed by atoms with Crippen molar-refractivity contribution in [2.75, 3.05) is 6.54 Å².